The zero-order valence-corrected chi connectivity index (χ0v) is 21.1. The van der Waals surface area contributed by atoms with E-state index < -0.39 is 16.8 Å². The number of esters is 1. The van der Waals surface area contributed by atoms with Crippen molar-refractivity contribution in [2.24, 2.45) is 0 Å². The number of nitro benzene ring substituents is 1. The molecule has 0 saturated carbocycles. The third-order valence-corrected chi connectivity index (χ3v) is 6.71. The maximum atomic E-state index is 13.7. The molecule has 0 unspecified atom stereocenters. The van der Waals surface area contributed by atoms with Crippen molar-refractivity contribution in [2.75, 3.05) is 26.9 Å². The fraction of sp³-hybridized carbons (Fsp3) is 0.357. The number of hydrogen-bond donors (Lipinski definition) is 1. The van der Waals surface area contributed by atoms with Crippen LogP contribution in [0.3, 0.4) is 0 Å². The highest BCUT2D eigenvalue weighted by atomic mass is 16.6. The van der Waals surface area contributed by atoms with Gasteiger partial charge in [-0.1, -0.05) is 24.3 Å². The maximum absolute atomic E-state index is 13.7. The van der Waals surface area contributed by atoms with Crippen LogP contribution in [0.2, 0.25) is 0 Å². The van der Waals surface area contributed by atoms with Crippen LogP contribution in [-0.2, 0) is 19.1 Å². The molecule has 0 fully saturated rings. The Kier molecular flexibility index (Phi) is 8.03. The van der Waals surface area contributed by atoms with Crippen LogP contribution in [0.1, 0.15) is 49.7 Å². The van der Waals surface area contributed by atoms with Crippen LogP contribution in [0.4, 0.5) is 5.69 Å². The van der Waals surface area contributed by atoms with Gasteiger partial charge in [0.15, 0.2) is 5.78 Å². The molecule has 1 heterocycles. The van der Waals surface area contributed by atoms with Crippen LogP contribution in [0.5, 0.6) is 5.75 Å². The lowest BCUT2D eigenvalue weighted by Gasteiger charge is -2.36. The highest BCUT2D eigenvalue weighted by Crippen LogP contribution is 2.46. The third-order valence-electron chi connectivity index (χ3n) is 6.71. The first-order valence-electron chi connectivity index (χ1n) is 12.2. The number of rotatable bonds is 9. The molecule has 37 heavy (non-hydrogen) atoms. The fourth-order valence-corrected chi connectivity index (χ4v) is 4.99. The highest BCUT2D eigenvalue weighted by molar-refractivity contribution is 6.04. The van der Waals surface area contributed by atoms with Gasteiger partial charge in [0, 0.05) is 48.0 Å². The topological polar surface area (TPSA) is 117 Å². The molecular weight excluding hydrogens is 476 g/mol. The molecule has 2 aromatic rings. The lowest BCUT2D eigenvalue weighted by molar-refractivity contribution is -0.384. The molecule has 2 aliphatic rings. The Morgan fingerprint density at radius 1 is 1.11 bits per heavy atom. The summed E-state index contributed by atoms with van der Waals surface area (Å²) in [4.78, 5) is 37.9. The lowest BCUT2D eigenvalue weighted by Crippen LogP contribution is -2.36. The van der Waals surface area contributed by atoms with Gasteiger partial charge in [-0.2, -0.15) is 0 Å². The Bertz CT molecular complexity index is 1260. The number of nitrogens with zero attached hydrogens (tertiary/aromatic N) is 1. The number of Topliss-reactive ketones (excluding diaryl/α,β-unsaturated/α-hetero) is 1. The molecule has 0 radical (unpaired) electrons. The van der Waals surface area contributed by atoms with Crippen molar-refractivity contribution in [2.45, 2.75) is 38.5 Å². The predicted molar refractivity (Wildman–Crippen MR) is 136 cm³/mol. The van der Waals surface area contributed by atoms with Gasteiger partial charge in [-0.25, -0.2) is 4.79 Å². The first-order valence-corrected chi connectivity index (χ1v) is 12.2. The van der Waals surface area contributed by atoms with Gasteiger partial charge in [-0.05, 0) is 49.4 Å². The highest BCUT2D eigenvalue weighted by Gasteiger charge is 2.41. The van der Waals surface area contributed by atoms with Gasteiger partial charge in [0.25, 0.3) is 5.69 Å². The SMILES string of the molecule is CCOCCOC(=O)C1=C(C)NC2=C(C(=O)C[C@@H](c3ccc(OC)cc3)C2)[C@@H]1c1cccc([N+](=O)[O-])c1. The van der Waals surface area contributed by atoms with E-state index in [0.717, 1.165) is 17.0 Å². The Morgan fingerprint density at radius 2 is 1.86 bits per heavy atom. The smallest absolute Gasteiger partial charge is 0.336 e. The summed E-state index contributed by atoms with van der Waals surface area (Å²) in [5.74, 6) is -0.794. The normalized spacial score (nSPS) is 19.3. The van der Waals surface area contributed by atoms with E-state index in [2.05, 4.69) is 5.32 Å². The van der Waals surface area contributed by atoms with E-state index >= 15 is 0 Å². The molecule has 1 N–H and O–H groups in total. The average molecular weight is 507 g/mol. The molecule has 0 aromatic heterocycles. The number of benzene rings is 2. The number of carbonyl (C=O) groups excluding carboxylic acids is 2. The minimum atomic E-state index is -0.778. The number of dihydropyridines is 1. The molecule has 4 rings (SSSR count). The molecule has 2 aromatic carbocycles. The zero-order chi connectivity index (χ0) is 26.5. The fourth-order valence-electron chi connectivity index (χ4n) is 4.99. The number of methoxy groups -OCH3 is 1. The molecule has 0 saturated heterocycles. The van der Waals surface area contributed by atoms with Gasteiger partial charge in [0.1, 0.15) is 12.4 Å². The van der Waals surface area contributed by atoms with Gasteiger partial charge < -0.3 is 19.5 Å². The predicted octanol–water partition coefficient (Wildman–Crippen LogP) is 4.54. The van der Waals surface area contributed by atoms with Crippen molar-refractivity contribution >= 4 is 17.4 Å². The van der Waals surface area contributed by atoms with E-state index in [4.69, 9.17) is 14.2 Å². The summed E-state index contributed by atoms with van der Waals surface area (Å²) in [6.45, 7) is 4.41. The second-order valence-corrected chi connectivity index (χ2v) is 8.98. The third kappa shape index (κ3) is 5.56. The van der Waals surface area contributed by atoms with E-state index in [0.29, 0.717) is 29.9 Å². The number of ketones is 1. The van der Waals surface area contributed by atoms with Crippen molar-refractivity contribution in [3.63, 3.8) is 0 Å². The second-order valence-electron chi connectivity index (χ2n) is 8.98. The van der Waals surface area contributed by atoms with Crippen molar-refractivity contribution < 1.29 is 28.7 Å². The Hall–Kier alpha value is -3.98. The summed E-state index contributed by atoms with van der Waals surface area (Å²) in [6.07, 6.45) is 0.812. The second kappa shape index (κ2) is 11.4. The van der Waals surface area contributed by atoms with Gasteiger partial charge in [0.05, 0.1) is 24.2 Å². The molecule has 2 atom stereocenters. The molecular formula is C28H30N2O7. The number of ether oxygens (including phenoxy) is 3. The van der Waals surface area contributed by atoms with Crippen LogP contribution in [0.15, 0.2) is 71.1 Å². The minimum Gasteiger partial charge on any atom is -0.497 e. The van der Waals surface area contributed by atoms with Gasteiger partial charge in [0.2, 0.25) is 0 Å². The van der Waals surface area contributed by atoms with Crippen molar-refractivity contribution in [3.8, 4) is 5.75 Å². The number of allylic oxidation sites excluding steroid dienone is 3. The van der Waals surface area contributed by atoms with Crippen LogP contribution < -0.4 is 10.1 Å². The molecule has 0 spiro atoms. The Morgan fingerprint density at radius 3 is 2.54 bits per heavy atom. The largest absolute Gasteiger partial charge is 0.497 e. The van der Waals surface area contributed by atoms with Crippen molar-refractivity contribution in [1.29, 1.82) is 0 Å². The number of nitrogens with one attached hydrogen (secondary N) is 1. The van der Waals surface area contributed by atoms with Crippen LogP contribution in [-0.4, -0.2) is 43.6 Å². The summed E-state index contributed by atoms with van der Waals surface area (Å²) >= 11 is 0. The molecule has 1 aliphatic carbocycles. The molecule has 9 nitrogen and oxygen atoms in total. The number of non-ortho nitro benzene ring substituents is 1. The zero-order valence-electron chi connectivity index (χ0n) is 21.1. The summed E-state index contributed by atoms with van der Waals surface area (Å²) in [5, 5.41) is 14.8. The van der Waals surface area contributed by atoms with Gasteiger partial charge in [-0.15, -0.1) is 0 Å². The lowest BCUT2D eigenvalue weighted by atomic mass is 9.71. The van der Waals surface area contributed by atoms with Crippen molar-refractivity contribution in [1.82, 2.24) is 5.32 Å². The first-order chi connectivity index (χ1) is 17.8. The summed E-state index contributed by atoms with van der Waals surface area (Å²) in [5.41, 5.74) is 3.39. The van der Waals surface area contributed by atoms with E-state index in [1.54, 1.807) is 26.2 Å². The number of nitro groups is 1. The van der Waals surface area contributed by atoms with Crippen LogP contribution in [0.25, 0.3) is 0 Å². The Labute approximate surface area is 215 Å². The monoisotopic (exact) mass is 506 g/mol. The Balaban J connectivity index is 1.73. The quantitative estimate of drug-likeness (QED) is 0.228. The summed E-state index contributed by atoms with van der Waals surface area (Å²) in [7, 11) is 1.60. The summed E-state index contributed by atoms with van der Waals surface area (Å²) in [6, 6.07) is 13.7. The molecule has 0 amide bonds. The molecule has 194 valence electrons. The first kappa shape index (κ1) is 26.1. The maximum Gasteiger partial charge on any atom is 0.336 e. The van der Waals surface area contributed by atoms with Gasteiger partial charge in [-0.3, -0.25) is 14.9 Å². The molecule has 9 heteroatoms. The number of hydrogen-bond acceptors (Lipinski definition) is 8. The minimum absolute atomic E-state index is 0.0529. The van der Waals surface area contributed by atoms with Gasteiger partial charge >= 0.3 is 5.97 Å². The standard InChI is InChI=1S/C28H30N2O7/c1-4-36-12-13-37-28(32)25-17(2)29-23-15-20(18-8-10-22(35-3)11-9-18)16-24(31)27(23)26(25)19-6-5-7-21(14-19)30(33)34/h5-11,14,20,26,29H,4,12-13,15-16H2,1-3H3/t20-,26+/m0/s1. The van der Waals surface area contributed by atoms with Crippen LogP contribution in [0, 0.1) is 10.1 Å². The average Bonchev–Trinajstić information content (AvgIpc) is 2.90. The number of carbonyl (C=O) groups is 2. The summed E-state index contributed by atoms with van der Waals surface area (Å²) < 4.78 is 16.0. The van der Waals surface area contributed by atoms with E-state index in [9.17, 15) is 19.7 Å². The van der Waals surface area contributed by atoms with E-state index in [-0.39, 0.29) is 42.6 Å². The molecule has 0 bridgehead atoms. The van der Waals surface area contributed by atoms with E-state index in [1.807, 2.05) is 31.2 Å². The van der Waals surface area contributed by atoms with E-state index in [1.165, 1.54) is 12.1 Å². The molecule has 1 aliphatic heterocycles. The van der Waals surface area contributed by atoms with Crippen LogP contribution >= 0.6 is 0 Å². The van der Waals surface area contributed by atoms with Crippen molar-refractivity contribution in [3.05, 3.63) is 92.3 Å².